The van der Waals surface area contributed by atoms with E-state index in [1.54, 1.807) is 6.07 Å². The number of aliphatic hydroxyl groups excluding tert-OH is 1. The Morgan fingerprint density at radius 3 is 2.88 bits per heavy atom. The van der Waals surface area contributed by atoms with Gasteiger partial charge >= 0.3 is 0 Å². The first kappa shape index (κ1) is 14.1. The molecular weight excluding hydrogens is 240 g/mol. The van der Waals surface area contributed by atoms with Crippen molar-refractivity contribution in [3.63, 3.8) is 0 Å². The average Bonchev–Trinajstić information content (AvgIpc) is 2.35. The Hall–Kier alpha value is -0.980. The molecule has 0 aromatic carbocycles. The molecule has 0 amide bonds. The van der Waals surface area contributed by atoms with Gasteiger partial charge in [-0.05, 0) is 30.9 Å². The second-order valence-corrected chi connectivity index (χ2v) is 5.78. The lowest BCUT2D eigenvalue weighted by molar-refractivity contribution is 0.228. The Kier molecular flexibility index (Phi) is 5.54. The van der Waals surface area contributed by atoms with Crippen molar-refractivity contribution in [2.75, 3.05) is 13.2 Å². The van der Waals surface area contributed by atoms with E-state index in [9.17, 15) is 8.42 Å². The second kappa shape index (κ2) is 6.68. The van der Waals surface area contributed by atoms with Gasteiger partial charge in [0.2, 0.25) is 10.0 Å². The molecule has 0 aliphatic rings. The summed E-state index contributed by atoms with van der Waals surface area (Å²) in [6, 6.07) is 3.09. The minimum Gasteiger partial charge on any atom is -0.396 e. The van der Waals surface area contributed by atoms with Crippen molar-refractivity contribution in [2.45, 2.75) is 24.7 Å². The van der Waals surface area contributed by atoms with Gasteiger partial charge in [-0.1, -0.05) is 6.92 Å². The van der Waals surface area contributed by atoms with Crippen molar-refractivity contribution in [3.8, 4) is 0 Å². The van der Waals surface area contributed by atoms with Crippen LogP contribution in [0.4, 0.5) is 0 Å². The summed E-state index contributed by atoms with van der Waals surface area (Å²) in [4.78, 5) is 3.94. The van der Waals surface area contributed by atoms with E-state index in [0.29, 0.717) is 13.0 Å². The molecule has 0 saturated heterocycles. The van der Waals surface area contributed by atoms with E-state index in [1.807, 2.05) is 6.92 Å². The first-order valence-electron chi connectivity index (χ1n) is 5.57. The maximum absolute atomic E-state index is 11.7. The van der Waals surface area contributed by atoms with Crippen LogP contribution < -0.4 is 4.72 Å². The van der Waals surface area contributed by atoms with Crippen LogP contribution in [-0.2, 0) is 10.0 Å². The molecule has 1 heterocycles. The average molecular weight is 258 g/mol. The summed E-state index contributed by atoms with van der Waals surface area (Å²) >= 11 is 0. The van der Waals surface area contributed by atoms with Crippen molar-refractivity contribution < 1.29 is 13.5 Å². The lowest BCUT2D eigenvalue weighted by atomic mass is 10.1. The highest BCUT2D eigenvalue weighted by Gasteiger charge is 2.12. The molecule has 0 fully saturated rings. The van der Waals surface area contributed by atoms with Gasteiger partial charge in [0.15, 0.2) is 0 Å². The van der Waals surface area contributed by atoms with Gasteiger partial charge in [0, 0.05) is 25.5 Å². The van der Waals surface area contributed by atoms with Gasteiger partial charge in [-0.2, -0.15) is 0 Å². The van der Waals surface area contributed by atoms with Gasteiger partial charge < -0.3 is 5.11 Å². The number of hydrogen-bond donors (Lipinski definition) is 2. The Labute approximate surface area is 102 Å². The SMILES string of the molecule is CC(CO)CCCNS(=O)(=O)c1cccnc1. The molecule has 0 bridgehead atoms. The van der Waals surface area contributed by atoms with E-state index in [2.05, 4.69) is 9.71 Å². The van der Waals surface area contributed by atoms with Crippen LogP contribution in [0.2, 0.25) is 0 Å². The van der Waals surface area contributed by atoms with Gasteiger partial charge in [-0.25, -0.2) is 13.1 Å². The summed E-state index contributed by atoms with van der Waals surface area (Å²) < 4.78 is 26.0. The highest BCUT2D eigenvalue weighted by molar-refractivity contribution is 7.89. The van der Waals surface area contributed by atoms with Crippen LogP contribution in [0.15, 0.2) is 29.4 Å². The Bertz CT molecular complexity index is 420. The van der Waals surface area contributed by atoms with Crippen LogP contribution in [0.25, 0.3) is 0 Å². The molecule has 1 atom stereocenters. The third-order valence-electron chi connectivity index (χ3n) is 2.42. The number of sulfonamides is 1. The first-order chi connectivity index (χ1) is 8.06. The fourth-order valence-corrected chi connectivity index (χ4v) is 2.37. The minimum absolute atomic E-state index is 0.134. The third kappa shape index (κ3) is 4.80. The molecule has 6 heteroatoms. The van der Waals surface area contributed by atoms with Crippen LogP contribution in [0.5, 0.6) is 0 Å². The smallest absolute Gasteiger partial charge is 0.242 e. The zero-order chi connectivity index (χ0) is 12.7. The monoisotopic (exact) mass is 258 g/mol. The third-order valence-corrected chi connectivity index (χ3v) is 3.87. The van der Waals surface area contributed by atoms with E-state index < -0.39 is 10.0 Å². The van der Waals surface area contributed by atoms with Gasteiger partial charge in [0.05, 0.1) is 0 Å². The normalized spacial score (nSPS) is 13.5. The highest BCUT2D eigenvalue weighted by Crippen LogP contribution is 2.07. The molecule has 2 N–H and O–H groups in total. The molecular formula is C11H18N2O3S. The van der Waals surface area contributed by atoms with Gasteiger partial charge in [0.1, 0.15) is 4.90 Å². The Morgan fingerprint density at radius 1 is 1.53 bits per heavy atom. The summed E-state index contributed by atoms with van der Waals surface area (Å²) in [5, 5.41) is 8.83. The lowest BCUT2D eigenvalue weighted by Gasteiger charge is -2.08. The summed E-state index contributed by atoms with van der Waals surface area (Å²) in [6.45, 7) is 2.44. The van der Waals surface area contributed by atoms with Crippen molar-refractivity contribution in [1.29, 1.82) is 0 Å². The van der Waals surface area contributed by atoms with Gasteiger partial charge in [-0.3, -0.25) is 4.98 Å². The zero-order valence-electron chi connectivity index (χ0n) is 9.83. The van der Waals surface area contributed by atoms with E-state index in [4.69, 9.17) is 5.11 Å². The van der Waals surface area contributed by atoms with Crippen LogP contribution in [0, 0.1) is 5.92 Å². The molecule has 0 radical (unpaired) electrons. The molecule has 1 unspecified atom stereocenters. The molecule has 0 saturated carbocycles. The van der Waals surface area contributed by atoms with Crippen molar-refractivity contribution >= 4 is 10.0 Å². The summed E-state index contributed by atoms with van der Waals surface area (Å²) in [6.07, 6.45) is 4.36. The molecule has 0 aliphatic carbocycles. The van der Waals surface area contributed by atoms with E-state index in [0.717, 1.165) is 6.42 Å². The molecule has 1 rings (SSSR count). The zero-order valence-corrected chi connectivity index (χ0v) is 10.7. The van der Waals surface area contributed by atoms with Crippen LogP contribution >= 0.6 is 0 Å². The molecule has 0 spiro atoms. The van der Waals surface area contributed by atoms with E-state index in [1.165, 1.54) is 18.5 Å². The predicted molar refractivity (Wildman–Crippen MR) is 64.9 cm³/mol. The van der Waals surface area contributed by atoms with Gasteiger partial charge in [0.25, 0.3) is 0 Å². The summed E-state index contributed by atoms with van der Waals surface area (Å²) in [7, 11) is -3.44. The van der Waals surface area contributed by atoms with E-state index >= 15 is 0 Å². The lowest BCUT2D eigenvalue weighted by Crippen LogP contribution is -2.25. The number of rotatable bonds is 7. The fraction of sp³-hybridized carbons (Fsp3) is 0.545. The van der Waals surface area contributed by atoms with Crippen LogP contribution in [0.1, 0.15) is 19.8 Å². The largest absolute Gasteiger partial charge is 0.396 e. The second-order valence-electron chi connectivity index (χ2n) is 4.02. The topological polar surface area (TPSA) is 79.3 Å². The molecule has 1 aromatic heterocycles. The van der Waals surface area contributed by atoms with Crippen molar-refractivity contribution in [1.82, 2.24) is 9.71 Å². The first-order valence-corrected chi connectivity index (χ1v) is 7.05. The maximum Gasteiger partial charge on any atom is 0.242 e. The predicted octanol–water partition coefficient (Wildman–Crippen LogP) is 0.768. The maximum atomic E-state index is 11.7. The number of nitrogens with zero attached hydrogens (tertiary/aromatic N) is 1. The summed E-state index contributed by atoms with van der Waals surface area (Å²) in [5.74, 6) is 0.206. The number of hydrogen-bond acceptors (Lipinski definition) is 4. The molecule has 1 aromatic rings. The number of pyridine rings is 1. The number of aliphatic hydroxyl groups is 1. The molecule has 5 nitrogen and oxygen atoms in total. The summed E-state index contributed by atoms with van der Waals surface area (Å²) in [5.41, 5.74) is 0. The van der Waals surface area contributed by atoms with Crippen molar-refractivity contribution in [2.24, 2.45) is 5.92 Å². The number of nitrogens with one attached hydrogen (secondary N) is 1. The standard InChI is InChI=1S/C11H18N2O3S/c1-10(9-14)4-2-7-13-17(15,16)11-5-3-6-12-8-11/h3,5-6,8,10,13-14H,2,4,7,9H2,1H3. The van der Waals surface area contributed by atoms with Crippen LogP contribution in [-0.4, -0.2) is 31.7 Å². The quantitative estimate of drug-likeness (QED) is 0.708. The molecule has 17 heavy (non-hydrogen) atoms. The Morgan fingerprint density at radius 2 is 2.29 bits per heavy atom. The Balaban J connectivity index is 2.41. The fourth-order valence-electron chi connectivity index (χ4n) is 1.34. The van der Waals surface area contributed by atoms with E-state index in [-0.39, 0.29) is 17.4 Å². The van der Waals surface area contributed by atoms with Gasteiger partial charge in [-0.15, -0.1) is 0 Å². The molecule has 96 valence electrons. The van der Waals surface area contributed by atoms with Crippen LogP contribution in [0.3, 0.4) is 0 Å². The van der Waals surface area contributed by atoms with Crippen molar-refractivity contribution in [3.05, 3.63) is 24.5 Å². The molecule has 0 aliphatic heterocycles. The number of aromatic nitrogens is 1. The highest BCUT2D eigenvalue weighted by atomic mass is 32.2. The minimum atomic E-state index is -3.44.